The minimum Gasteiger partial charge on any atom is -0.357 e. The number of guanidine groups is 1. The van der Waals surface area contributed by atoms with E-state index in [-0.39, 0.29) is 24.0 Å². The van der Waals surface area contributed by atoms with E-state index in [0.717, 1.165) is 19.0 Å². The van der Waals surface area contributed by atoms with Crippen molar-refractivity contribution in [1.29, 1.82) is 0 Å². The predicted molar refractivity (Wildman–Crippen MR) is 65.4 cm³/mol. The molecule has 0 bridgehead atoms. The predicted octanol–water partition coefficient (Wildman–Crippen LogP) is 1.59. The molecule has 0 aromatic carbocycles. The molecule has 0 aliphatic carbocycles. The zero-order chi connectivity index (χ0) is 8.53. The van der Waals surface area contributed by atoms with E-state index < -0.39 is 0 Å². The maximum Gasteiger partial charge on any atom is 0.190 e. The van der Waals surface area contributed by atoms with Crippen molar-refractivity contribution in [1.82, 2.24) is 10.6 Å². The Kier molecular flexibility index (Phi) is 13.3. The van der Waals surface area contributed by atoms with Crippen molar-refractivity contribution in [3.63, 3.8) is 0 Å². The lowest BCUT2D eigenvalue weighted by Gasteiger charge is -2.08. The van der Waals surface area contributed by atoms with Gasteiger partial charge in [0.05, 0.1) is 0 Å². The molecule has 4 heteroatoms. The van der Waals surface area contributed by atoms with Gasteiger partial charge in [-0.2, -0.15) is 0 Å². The van der Waals surface area contributed by atoms with E-state index in [0.29, 0.717) is 0 Å². The lowest BCUT2D eigenvalue weighted by molar-refractivity contribution is 0.734. The van der Waals surface area contributed by atoms with Crippen LogP contribution in [0.25, 0.3) is 0 Å². The van der Waals surface area contributed by atoms with Crippen molar-refractivity contribution >= 4 is 29.9 Å². The van der Waals surface area contributed by atoms with Crippen molar-refractivity contribution in [2.24, 2.45) is 4.99 Å². The first kappa shape index (κ1) is 14.5. The van der Waals surface area contributed by atoms with Crippen molar-refractivity contribution in [3.05, 3.63) is 0 Å². The van der Waals surface area contributed by atoms with Gasteiger partial charge in [-0.25, -0.2) is 0 Å². The minimum absolute atomic E-state index is 0. The number of nitrogens with one attached hydrogen (secondary N) is 2. The summed E-state index contributed by atoms with van der Waals surface area (Å²) in [7, 11) is 1.79. The molecule has 0 aromatic heterocycles. The molecule has 0 saturated carbocycles. The Morgan fingerprint density at radius 3 is 2.33 bits per heavy atom. The van der Waals surface area contributed by atoms with Crippen LogP contribution in [0.15, 0.2) is 4.99 Å². The van der Waals surface area contributed by atoms with Crippen LogP contribution >= 0.6 is 24.0 Å². The normalized spacial score (nSPS) is 10.4. The quantitative estimate of drug-likeness (QED) is 0.356. The molecule has 74 valence electrons. The molecule has 0 saturated heterocycles. The molecular weight excluding hydrogens is 265 g/mol. The molecule has 3 nitrogen and oxygen atoms in total. The third-order valence-electron chi connectivity index (χ3n) is 1.39. The van der Waals surface area contributed by atoms with E-state index in [1.54, 1.807) is 7.05 Å². The molecule has 0 rings (SSSR count). The summed E-state index contributed by atoms with van der Waals surface area (Å²) < 4.78 is 0. The van der Waals surface area contributed by atoms with Crippen LogP contribution in [0.1, 0.15) is 26.7 Å². The summed E-state index contributed by atoms with van der Waals surface area (Å²) in [5.41, 5.74) is 0. The van der Waals surface area contributed by atoms with Gasteiger partial charge in [0.25, 0.3) is 0 Å². The van der Waals surface area contributed by atoms with Crippen LogP contribution in [-0.2, 0) is 0 Å². The highest BCUT2D eigenvalue weighted by atomic mass is 127. The van der Waals surface area contributed by atoms with E-state index in [1.165, 1.54) is 12.8 Å². The van der Waals surface area contributed by atoms with E-state index in [1.807, 2.05) is 0 Å². The van der Waals surface area contributed by atoms with Gasteiger partial charge in [0, 0.05) is 20.1 Å². The van der Waals surface area contributed by atoms with E-state index in [4.69, 9.17) is 0 Å². The Morgan fingerprint density at radius 1 is 1.25 bits per heavy atom. The third kappa shape index (κ3) is 8.10. The van der Waals surface area contributed by atoms with Crippen LogP contribution in [0.5, 0.6) is 0 Å². The standard InChI is InChI=1S/C8H19N3.HI/c1-4-6-7-11-8(9-3)10-5-2;/h4-7H2,1-3H3,(H2,9,10,11);1H. The second-order valence-electron chi connectivity index (χ2n) is 2.38. The summed E-state index contributed by atoms with van der Waals surface area (Å²) >= 11 is 0. The van der Waals surface area contributed by atoms with Gasteiger partial charge in [0.15, 0.2) is 5.96 Å². The van der Waals surface area contributed by atoms with Gasteiger partial charge in [0.1, 0.15) is 0 Å². The number of hydrogen-bond acceptors (Lipinski definition) is 1. The van der Waals surface area contributed by atoms with Crippen LogP contribution in [0.4, 0.5) is 0 Å². The van der Waals surface area contributed by atoms with Gasteiger partial charge in [-0.15, -0.1) is 24.0 Å². The lowest BCUT2D eigenvalue weighted by Crippen LogP contribution is -2.37. The molecule has 0 aliphatic rings. The molecule has 0 radical (unpaired) electrons. The monoisotopic (exact) mass is 285 g/mol. The third-order valence-corrected chi connectivity index (χ3v) is 1.39. The molecule has 0 heterocycles. The summed E-state index contributed by atoms with van der Waals surface area (Å²) in [6.07, 6.45) is 2.42. The maximum absolute atomic E-state index is 4.04. The second-order valence-corrected chi connectivity index (χ2v) is 2.38. The van der Waals surface area contributed by atoms with Crippen molar-refractivity contribution in [2.75, 3.05) is 20.1 Å². The van der Waals surface area contributed by atoms with Gasteiger partial charge in [-0.3, -0.25) is 4.99 Å². The second kappa shape index (κ2) is 11.0. The molecule has 0 spiro atoms. The largest absolute Gasteiger partial charge is 0.357 e. The lowest BCUT2D eigenvalue weighted by atomic mass is 10.3. The average molecular weight is 285 g/mol. The number of unbranched alkanes of at least 4 members (excludes halogenated alkanes) is 1. The molecule has 0 unspecified atom stereocenters. The first-order valence-electron chi connectivity index (χ1n) is 4.29. The molecule has 12 heavy (non-hydrogen) atoms. The highest BCUT2D eigenvalue weighted by Gasteiger charge is 1.91. The van der Waals surface area contributed by atoms with Crippen LogP contribution < -0.4 is 10.6 Å². The fourth-order valence-electron chi connectivity index (χ4n) is 0.772. The van der Waals surface area contributed by atoms with Crippen LogP contribution in [0.3, 0.4) is 0 Å². The summed E-state index contributed by atoms with van der Waals surface area (Å²) in [6.45, 7) is 6.17. The van der Waals surface area contributed by atoms with Crippen molar-refractivity contribution in [2.45, 2.75) is 26.7 Å². The molecule has 0 fully saturated rings. The molecule has 2 N–H and O–H groups in total. The SMILES string of the molecule is CCCCNC(=NC)NCC.I. The summed E-state index contributed by atoms with van der Waals surface area (Å²) in [5.74, 6) is 0.904. The molecule has 0 aromatic rings. The summed E-state index contributed by atoms with van der Waals surface area (Å²) in [5, 5.41) is 6.34. The summed E-state index contributed by atoms with van der Waals surface area (Å²) in [4.78, 5) is 4.04. The van der Waals surface area contributed by atoms with E-state index in [2.05, 4.69) is 29.5 Å². The minimum atomic E-state index is 0. The Bertz CT molecular complexity index is 115. The molecule has 0 aliphatic heterocycles. The van der Waals surface area contributed by atoms with E-state index in [9.17, 15) is 0 Å². The summed E-state index contributed by atoms with van der Waals surface area (Å²) in [6, 6.07) is 0. The van der Waals surface area contributed by atoms with Gasteiger partial charge in [-0.05, 0) is 13.3 Å². The highest BCUT2D eigenvalue weighted by Crippen LogP contribution is 1.81. The van der Waals surface area contributed by atoms with Crippen molar-refractivity contribution < 1.29 is 0 Å². The fourth-order valence-corrected chi connectivity index (χ4v) is 0.772. The zero-order valence-corrected chi connectivity index (χ0v) is 10.5. The van der Waals surface area contributed by atoms with Gasteiger partial charge >= 0.3 is 0 Å². The number of rotatable bonds is 4. The Labute approximate surface area is 92.4 Å². The van der Waals surface area contributed by atoms with Gasteiger partial charge in [-0.1, -0.05) is 13.3 Å². The average Bonchev–Trinajstić information content (AvgIpc) is 2.03. The number of aliphatic imine (C=N–C) groups is 1. The number of nitrogens with zero attached hydrogens (tertiary/aromatic N) is 1. The van der Waals surface area contributed by atoms with Crippen LogP contribution in [0.2, 0.25) is 0 Å². The highest BCUT2D eigenvalue weighted by molar-refractivity contribution is 14.0. The van der Waals surface area contributed by atoms with E-state index >= 15 is 0 Å². The smallest absolute Gasteiger partial charge is 0.190 e. The molecule has 0 atom stereocenters. The Hall–Kier alpha value is 0. The topological polar surface area (TPSA) is 36.4 Å². The number of halogens is 1. The van der Waals surface area contributed by atoms with Crippen LogP contribution in [0, 0.1) is 0 Å². The number of hydrogen-bond donors (Lipinski definition) is 2. The first-order valence-corrected chi connectivity index (χ1v) is 4.29. The molecule has 0 amide bonds. The maximum atomic E-state index is 4.04. The fraction of sp³-hybridized carbons (Fsp3) is 0.875. The van der Waals surface area contributed by atoms with Gasteiger partial charge < -0.3 is 10.6 Å². The first-order chi connectivity index (χ1) is 5.35. The van der Waals surface area contributed by atoms with Gasteiger partial charge in [0.2, 0.25) is 0 Å². The van der Waals surface area contributed by atoms with Crippen molar-refractivity contribution in [3.8, 4) is 0 Å². The Balaban J connectivity index is 0. The zero-order valence-electron chi connectivity index (χ0n) is 8.18. The molecular formula is C8H20IN3. The Morgan fingerprint density at radius 2 is 1.92 bits per heavy atom. The van der Waals surface area contributed by atoms with Crippen LogP contribution in [-0.4, -0.2) is 26.1 Å².